The van der Waals surface area contributed by atoms with Crippen LogP contribution in [0.1, 0.15) is 43.6 Å². The van der Waals surface area contributed by atoms with Gasteiger partial charge >= 0.3 is 0 Å². The fraction of sp³-hybridized carbons (Fsp3) is 0.409. The monoisotopic (exact) mass is 420 g/mol. The Bertz CT molecular complexity index is 853. The van der Waals surface area contributed by atoms with Crippen LogP contribution in [0.15, 0.2) is 36.4 Å². The van der Waals surface area contributed by atoms with Gasteiger partial charge in [-0.25, -0.2) is 0 Å². The highest BCUT2D eigenvalue weighted by molar-refractivity contribution is 5.96. The second kappa shape index (κ2) is 9.48. The average molecular weight is 421 g/mol. The van der Waals surface area contributed by atoms with E-state index >= 15 is 0 Å². The SMILES string of the molecule is CCc1ccc(CC(C)(C)NCC(O)c2cc(O)cc3c2OCC(=O)N3)cc1.Cl. The van der Waals surface area contributed by atoms with Crippen molar-refractivity contribution < 1.29 is 19.7 Å². The summed E-state index contributed by atoms with van der Waals surface area (Å²) in [7, 11) is 0. The number of rotatable bonds is 7. The molecule has 3 rings (SSSR count). The Balaban J connectivity index is 0.00000300. The molecule has 2 aromatic rings. The molecular formula is C22H29ClN2O4. The van der Waals surface area contributed by atoms with Crippen molar-refractivity contribution in [1.82, 2.24) is 5.32 Å². The summed E-state index contributed by atoms with van der Waals surface area (Å²) in [6.07, 6.45) is 0.942. The molecule has 0 radical (unpaired) electrons. The molecule has 1 amide bonds. The zero-order valence-corrected chi connectivity index (χ0v) is 17.8. The van der Waals surface area contributed by atoms with Crippen LogP contribution in [0.4, 0.5) is 5.69 Å². The number of amides is 1. The third kappa shape index (κ3) is 5.85. The molecule has 7 heteroatoms. The lowest BCUT2D eigenvalue weighted by atomic mass is 9.93. The molecule has 0 bridgehead atoms. The molecule has 0 aliphatic carbocycles. The molecule has 1 atom stereocenters. The summed E-state index contributed by atoms with van der Waals surface area (Å²) in [6, 6.07) is 11.5. The number of anilines is 1. The van der Waals surface area contributed by atoms with Crippen LogP contribution in [0.25, 0.3) is 0 Å². The van der Waals surface area contributed by atoms with E-state index in [1.165, 1.54) is 23.3 Å². The lowest BCUT2D eigenvalue weighted by molar-refractivity contribution is -0.118. The van der Waals surface area contributed by atoms with Crippen molar-refractivity contribution in [3.05, 3.63) is 53.1 Å². The number of nitrogens with one attached hydrogen (secondary N) is 2. The van der Waals surface area contributed by atoms with Crippen LogP contribution in [0, 0.1) is 0 Å². The molecular weight excluding hydrogens is 392 g/mol. The van der Waals surface area contributed by atoms with E-state index in [0.29, 0.717) is 17.0 Å². The van der Waals surface area contributed by atoms with Crippen LogP contribution in [0.5, 0.6) is 11.5 Å². The smallest absolute Gasteiger partial charge is 0.262 e. The van der Waals surface area contributed by atoms with E-state index in [9.17, 15) is 15.0 Å². The van der Waals surface area contributed by atoms with Gasteiger partial charge in [-0.3, -0.25) is 4.79 Å². The van der Waals surface area contributed by atoms with Crippen molar-refractivity contribution >= 4 is 24.0 Å². The normalized spacial score (nSPS) is 14.3. The first kappa shape index (κ1) is 23.0. The van der Waals surface area contributed by atoms with Gasteiger partial charge in [0.1, 0.15) is 11.5 Å². The highest BCUT2D eigenvalue weighted by Gasteiger charge is 2.26. The number of hydrogen-bond donors (Lipinski definition) is 4. The lowest BCUT2D eigenvalue weighted by Gasteiger charge is -2.29. The Labute approximate surface area is 177 Å². The number of ether oxygens (including phenoxy) is 1. The Kier molecular flexibility index (Phi) is 7.52. The summed E-state index contributed by atoms with van der Waals surface area (Å²) in [5, 5.41) is 26.7. The maximum absolute atomic E-state index is 11.5. The largest absolute Gasteiger partial charge is 0.508 e. The zero-order valence-electron chi connectivity index (χ0n) is 17.0. The third-order valence-electron chi connectivity index (χ3n) is 4.93. The summed E-state index contributed by atoms with van der Waals surface area (Å²) in [5.74, 6) is 0.0837. The molecule has 4 N–H and O–H groups in total. The van der Waals surface area contributed by atoms with Gasteiger partial charge in [0, 0.05) is 23.7 Å². The fourth-order valence-electron chi connectivity index (χ4n) is 3.41. The minimum atomic E-state index is -0.891. The summed E-state index contributed by atoms with van der Waals surface area (Å²) in [4.78, 5) is 11.5. The van der Waals surface area contributed by atoms with Crippen molar-refractivity contribution in [1.29, 1.82) is 0 Å². The third-order valence-corrected chi connectivity index (χ3v) is 4.93. The van der Waals surface area contributed by atoms with Crippen molar-refractivity contribution in [2.24, 2.45) is 0 Å². The van der Waals surface area contributed by atoms with Gasteiger partial charge in [-0.2, -0.15) is 0 Å². The number of β-amino-alcohol motifs (C(OH)–C–C–N with tert-alkyl or cyclic N) is 1. The number of aryl methyl sites for hydroxylation is 1. The van der Waals surface area contributed by atoms with Crippen LogP contribution in [-0.2, 0) is 17.6 Å². The van der Waals surface area contributed by atoms with E-state index in [-0.39, 0.29) is 42.8 Å². The van der Waals surface area contributed by atoms with Gasteiger partial charge in [-0.05, 0) is 43.9 Å². The highest BCUT2D eigenvalue weighted by Crippen LogP contribution is 2.38. The number of halogens is 1. The van der Waals surface area contributed by atoms with Crippen molar-refractivity contribution in [3.63, 3.8) is 0 Å². The van der Waals surface area contributed by atoms with E-state index in [0.717, 1.165) is 12.8 Å². The van der Waals surface area contributed by atoms with Crippen molar-refractivity contribution in [3.8, 4) is 11.5 Å². The summed E-state index contributed by atoms with van der Waals surface area (Å²) >= 11 is 0. The zero-order chi connectivity index (χ0) is 20.3. The molecule has 0 saturated carbocycles. The maximum Gasteiger partial charge on any atom is 0.262 e. The average Bonchev–Trinajstić information content (AvgIpc) is 2.65. The molecule has 1 unspecified atom stereocenters. The lowest BCUT2D eigenvalue weighted by Crippen LogP contribution is -2.43. The van der Waals surface area contributed by atoms with E-state index in [2.05, 4.69) is 55.7 Å². The number of carbonyl (C=O) groups is 1. The molecule has 2 aromatic carbocycles. The van der Waals surface area contributed by atoms with Gasteiger partial charge in [-0.1, -0.05) is 31.2 Å². The molecule has 29 heavy (non-hydrogen) atoms. The first-order valence-electron chi connectivity index (χ1n) is 9.58. The highest BCUT2D eigenvalue weighted by atomic mass is 35.5. The van der Waals surface area contributed by atoms with E-state index in [1.807, 2.05) is 0 Å². The second-order valence-electron chi connectivity index (χ2n) is 7.88. The van der Waals surface area contributed by atoms with Gasteiger partial charge in [0.25, 0.3) is 5.91 Å². The van der Waals surface area contributed by atoms with E-state index in [4.69, 9.17) is 4.74 Å². The number of aliphatic hydroxyl groups is 1. The number of benzene rings is 2. The van der Waals surface area contributed by atoms with E-state index in [1.54, 1.807) is 0 Å². The summed E-state index contributed by atoms with van der Waals surface area (Å²) < 4.78 is 5.48. The van der Waals surface area contributed by atoms with Gasteiger partial charge in [0.05, 0.1) is 11.8 Å². The quantitative estimate of drug-likeness (QED) is 0.551. The van der Waals surface area contributed by atoms with Crippen LogP contribution in [0.2, 0.25) is 0 Å². The molecule has 0 spiro atoms. The minimum Gasteiger partial charge on any atom is -0.508 e. The number of aromatic hydroxyl groups is 1. The Morgan fingerprint density at radius 1 is 1.21 bits per heavy atom. The molecule has 0 aromatic heterocycles. The molecule has 1 aliphatic heterocycles. The molecule has 158 valence electrons. The maximum atomic E-state index is 11.5. The molecule has 0 fully saturated rings. The second-order valence-corrected chi connectivity index (χ2v) is 7.88. The number of phenolic OH excluding ortho intramolecular Hbond substituents is 1. The molecule has 1 aliphatic rings. The van der Waals surface area contributed by atoms with Crippen LogP contribution >= 0.6 is 12.4 Å². The Hall–Kier alpha value is -2.28. The number of aliphatic hydroxyl groups excluding tert-OH is 1. The van der Waals surface area contributed by atoms with E-state index < -0.39 is 6.10 Å². The number of hydrogen-bond acceptors (Lipinski definition) is 5. The summed E-state index contributed by atoms with van der Waals surface area (Å²) in [6.45, 7) is 6.48. The minimum absolute atomic E-state index is 0. The van der Waals surface area contributed by atoms with Crippen molar-refractivity contribution in [2.75, 3.05) is 18.5 Å². The molecule has 1 heterocycles. The molecule has 6 nitrogen and oxygen atoms in total. The number of fused-ring (bicyclic) bond motifs is 1. The van der Waals surface area contributed by atoms with Crippen LogP contribution in [0.3, 0.4) is 0 Å². The Morgan fingerprint density at radius 2 is 1.86 bits per heavy atom. The first-order valence-corrected chi connectivity index (χ1v) is 9.58. The van der Waals surface area contributed by atoms with Gasteiger partial charge in [-0.15, -0.1) is 12.4 Å². The van der Waals surface area contributed by atoms with Gasteiger partial charge < -0.3 is 25.6 Å². The van der Waals surface area contributed by atoms with Crippen molar-refractivity contribution in [2.45, 2.75) is 45.3 Å². The predicted octanol–water partition coefficient (Wildman–Crippen LogP) is 3.35. The predicted molar refractivity (Wildman–Crippen MR) is 116 cm³/mol. The number of phenols is 1. The van der Waals surface area contributed by atoms with Gasteiger partial charge in [0.15, 0.2) is 6.61 Å². The summed E-state index contributed by atoms with van der Waals surface area (Å²) in [5.41, 5.74) is 3.13. The first-order chi connectivity index (χ1) is 13.3. The number of carbonyl (C=O) groups excluding carboxylic acids is 1. The van der Waals surface area contributed by atoms with Crippen LogP contribution < -0.4 is 15.4 Å². The van der Waals surface area contributed by atoms with Crippen LogP contribution in [-0.4, -0.2) is 34.8 Å². The topological polar surface area (TPSA) is 90.8 Å². The standard InChI is InChI=1S/C22H28N2O4.ClH/c1-4-14-5-7-15(8-6-14)11-22(2,3)23-12-19(26)17-9-16(25)10-18-21(17)28-13-20(27)24-18;/h5-10,19,23,25-26H,4,11-13H2,1-3H3,(H,24,27);1H. The fourth-order valence-corrected chi connectivity index (χ4v) is 3.41. The molecule has 0 saturated heterocycles. The Morgan fingerprint density at radius 3 is 2.52 bits per heavy atom. The van der Waals surface area contributed by atoms with Gasteiger partial charge in [0.2, 0.25) is 0 Å².